The molecule has 9 heteroatoms. The third-order valence-electron chi connectivity index (χ3n) is 3.59. The van der Waals surface area contributed by atoms with Gasteiger partial charge in [-0.15, -0.1) is 0 Å². The van der Waals surface area contributed by atoms with Crippen LogP contribution in [0.3, 0.4) is 0 Å². The molecule has 0 aliphatic rings. The number of carbonyl (C=O) groups is 1. The first-order valence-corrected chi connectivity index (χ1v) is 8.06. The highest BCUT2D eigenvalue weighted by Gasteiger charge is 2.30. The van der Waals surface area contributed by atoms with E-state index >= 15 is 0 Å². The number of benzene rings is 1. The van der Waals surface area contributed by atoms with Crippen LogP contribution in [0.1, 0.15) is 21.5 Å². The summed E-state index contributed by atoms with van der Waals surface area (Å²) in [5.74, 6) is -0.452. The van der Waals surface area contributed by atoms with Gasteiger partial charge in [0.2, 0.25) is 0 Å². The number of aromatic nitrogens is 2. The molecule has 3 rings (SSSR count). The number of nitrogens with one attached hydrogen (secondary N) is 2. The lowest BCUT2D eigenvalue weighted by Gasteiger charge is -2.12. The van der Waals surface area contributed by atoms with E-state index in [1.165, 1.54) is 30.6 Å². The lowest BCUT2D eigenvalue weighted by Crippen LogP contribution is -2.19. The molecule has 0 spiro atoms. The molecule has 3 aromatic rings. The molecule has 2 heterocycles. The molecule has 1 amide bonds. The van der Waals surface area contributed by atoms with E-state index in [2.05, 4.69) is 25.8 Å². The molecule has 0 radical (unpaired) electrons. The average molecular weight is 385 g/mol. The van der Waals surface area contributed by atoms with Gasteiger partial charge in [-0.25, -0.2) is 10.4 Å². The van der Waals surface area contributed by atoms with Crippen molar-refractivity contribution in [2.45, 2.75) is 6.18 Å². The minimum Gasteiger partial charge on any atom is -0.340 e. The molecule has 6 nitrogen and oxygen atoms in total. The molecule has 0 saturated carbocycles. The number of nitrogens with zero attached hydrogens (tertiary/aromatic N) is 3. The second-order valence-electron chi connectivity index (χ2n) is 5.58. The molecule has 28 heavy (non-hydrogen) atoms. The van der Waals surface area contributed by atoms with Crippen LogP contribution in [-0.4, -0.2) is 22.1 Å². The van der Waals surface area contributed by atoms with Gasteiger partial charge in [0.25, 0.3) is 5.91 Å². The molecule has 0 unspecified atom stereocenters. The van der Waals surface area contributed by atoms with Crippen molar-refractivity contribution >= 4 is 23.6 Å². The van der Waals surface area contributed by atoms with Crippen LogP contribution in [0.25, 0.3) is 0 Å². The van der Waals surface area contributed by atoms with Crippen LogP contribution in [-0.2, 0) is 6.18 Å². The first kappa shape index (κ1) is 19.0. The Hall–Kier alpha value is -3.75. The number of halogens is 3. The highest BCUT2D eigenvalue weighted by molar-refractivity contribution is 5.99. The molecule has 2 N–H and O–H groups in total. The number of anilines is 2. The highest BCUT2D eigenvalue weighted by atomic mass is 19.4. The van der Waals surface area contributed by atoms with Crippen molar-refractivity contribution in [3.8, 4) is 0 Å². The van der Waals surface area contributed by atoms with Gasteiger partial charge >= 0.3 is 6.18 Å². The second kappa shape index (κ2) is 8.30. The third kappa shape index (κ3) is 4.91. The predicted molar refractivity (Wildman–Crippen MR) is 98.3 cm³/mol. The minimum atomic E-state index is -4.47. The summed E-state index contributed by atoms with van der Waals surface area (Å²) in [7, 11) is 0. The van der Waals surface area contributed by atoms with Crippen LogP contribution in [0.2, 0.25) is 0 Å². The number of alkyl halides is 3. The molecular weight excluding hydrogens is 371 g/mol. The van der Waals surface area contributed by atoms with Crippen molar-refractivity contribution in [2.24, 2.45) is 5.10 Å². The van der Waals surface area contributed by atoms with Gasteiger partial charge in [-0.1, -0.05) is 6.07 Å². The maximum atomic E-state index is 12.9. The SMILES string of the molecule is O=C(N/N=C/c1ccncc1)c1cccnc1Nc1cccc(C(F)(F)F)c1. The normalized spacial score (nSPS) is 11.4. The van der Waals surface area contributed by atoms with Crippen molar-refractivity contribution in [3.63, 3.8) is 0 Å². The summed E-state index contributed by atoms with van der Waals surface area (Å²) in [5, 5.41) is 6.60. The summed E-state index contributed by atoms with van der Waals surface area (Å²) in [5.41, 5.74) is 2.58. The Bertz CT molecular complexity index is 990. The largest absolute Gasteiger partial charge is 0.416 e. The van der Waals surface area contributed by atoms with E-state index in [4.69, 9.17) is 0 Å². The van der Waals surface area contributed by atoms with E-state index in [9.17, 15) is 18.0 Å². The van der Waals surface area contributed by atoms with E-state index in [0.29, 0.717) is 0 Å². The minimum absolute atomic E-state index is 0.110. The molecule has 0 atom stereocenters. The van der Waals surface area contributed by atoms with Gasteiger partial charge in [0.05, 0.1) is 17.3 Å². The van der Waals surface area contributed by atoms with Crippen LogP contribution in [0.5, 0.6) is 0 Å². The third-order valence-corrected chi connectivity index (χ3v) is 3.59. The molecule has 0 aliphatic carbocycles. The summed E-state index contributed by atoms with van der Waals surface area (Å²) in [6, 6.07) is 11.1. The monoisotopic (exact) mass is 385 g/mol. The smallest absolute Gasteiger partial charge is 0.340 e. The zero-order valence-corrected chi connectivity index (χ0v) is 14.3. The molecule has 0 saturated heterocycles. The zero-order chi connectivity index (χ0) is 20.0. The van der Waals surface area contributed by atoms with E-state index in [0.717, 1.165) is 17.7 Å². The van der Waals surface area contributed by atoms with Crippen LogP contribution >= 0.6 is 0 Å². The van der Waals surface area contributed by atoms with Gasteiger partial charge in [0.1, 0.15) is 5.82 Å². The Balaban J connectivity index is 1.76. The summed E-state index contributed by atoms with van der Waals surface area (Å²) < 4.78 is 38.6. The first-order valence-electron chi connectivity index (χ1n) is 8.06. The van der Waals surface area contributed by atoms with Crippen LogP contribution in [0, 0.1) is 0 Å². The quantitative estimate of drug-likeness (QED) is 0.514. The van der Waals surface area contributed by atoms with E-state index in [-0.39, 0.29) is 17.1 Å². The van der Waals surface area contributed by atoms with Gasteiger partial charge in [0, 0.05) is 24.3 Å². The summed E-state index contributed by atoms with van der Waals surface area (Å²) in [6.07, 6.45) is 1.56. The highest BCUT2D eigenvalue weighted by Crippen LogP contribution is 2.31. The number of amides is 1. The Morgan fingerprint density at radius 2 is 1.82 bits per heavy atom. The van der Waals surface area contributed by atoms with Crippen molar-refractivity contribution in [3.05, 3.63) is 83.8 Å². The molecule has 0 aliphatic heterocycles. The lowest BCUT2D eigenvalue weighted by molar-refractivity contribution is -0.137. The topological polar surface area (TPSA) is 79.3 Å². The summed E-state index contributed by atoms with van der Waals surface area (Å²) >= 11 is 0. The maximum absolute atomic E-state index is 12.9. The Morgan fingerprint density at radius 3 is 2.57 bits per heavy atom. The number of pyridine rings is 2. The van der Waals surface area contributed by atoms with Gasteiger partial charge in [0.15, 0.2) is 0 Å². The van der Waals surface area contributed by atoms with Gasteiger partial charge in [-0.3, -0.25) is 9.78 Å². The zero-order valence-electron chi connectivity index (χ0n) is 14.3. The van der Waals surface area contributed by atoms with E-state index < -0.39 is 17.6 Å². The van der Waals surface area contributed by atoms with E-state index in [1.54, 1.807) is 30.6 Å². The fourth-order valence-corrected chi connectivity index (χ4v) is 2.27. The molecule has 142 valence electrons. The van der Waals surface area contributed by atoms with Gasteiger partial charge in [-0.2, -0.15) is 18.3 Å². The van der Waals surface area contributed by atoms with Crippen molar-refractivity contribution in [1.29, 1.82) is 0 Å². The molecule has 0 bridgehead atoms. The Labute approximate surface area is 158 Å². The van der Waals surface area contributed by atoms with Gasteiger partial charge in [-0.05, 0) is 48.0 Å². The Kier molecular flexibility index (Phi) is 5.64. The van der Waals surface area contributed by atoms with Crippen LogP contribution in [0.4, 0.5) is 24.7 Å². The molecule has 0 fully saturated rings. The van der Waals surface area contributed by atoms with Gasteiger partial charge < -0.3 is 5.32 Å². The standard InChI is InChI=1S/C19H14F3N5O/c20-19(21,22)14-3-1-4-15(11-14)26-17-16(5-2-8-24-17)18(28)27-25-12-13-6-9-23-10-7-13/h1-12H,(H,24,26)(H,27,28)/b25-12+. The second-order valence-corrected chi connectivity index (χ2v) is 5.58. The summed E-state index contributed by atoms with van der Waals surface area (Å²) in [4.78, 5) is 20.3. The number of hydrogen-bond donors (Lipinski definition) is 2. The summed E-state index contributed by atoms with van der Waals surface area (Å²) in [6.45, 7) is 0. The first-order chi connectivity index (χ1) is 13.4. The van der Waals surface area contributed by atoms with Crippen LogP contribution in [0.15, 0.2) is 72.2 Å². The average Bonchev–Trinajstić information content (AvgIpc) is 2.69. The molecular formula is C19H14F3N5O. The number of hydrogen-bond acceptors (Lipinski definition) is 5. The Morgan fingerprint density at radius 1 is 1.04 bits per heavy atom. The van der Waals surface area contributed by atoms with Crippen molar-refractivity contribution in [2.75, 3.05) is 5.32 Å². The van der Waals surface area contributed by atoms with E-state index in [1.807, 2.05) is 0 Å². The fraction of sp³-hybridized carbons (Fsp3) is 0.0526. The van der Waals surface area contributed by atoms with Crippen LogP contribution < -0.4 is 10.7 Å². The molecule has 2 aromatic heterocycles. The number of rotatable bonds is 5. The maximum Gasteiger partial charge on any atom is 0.416 e. The number of carbonyl (C=O) groups excluding carboxylic acids is 1. The predicted octanol–water partition coefficient (Wildman–Crippen LogP) is 4.00. The lowest BCUT2D eigenvalue weighted by atomic mass is 10.2. The molecule has 1 aromatic carbocycles. The van der Waals surface area contributed by atoms with Crippen molar-refractivity contribution in [1.82, 2.24) is 15.4 Å². The van der Waals surface area contributed by atoms with Crippen molar-refractivity contribution < 1.29 is 18.0 Å². The fourth-order valence-electron chi connectivity index (χ4n) is 2.27. The number of hydrazone groups is 1.